The fraction of sp³-hybridized carbons (Fsp3) is 0.500. The number of nitrogens with two attached hydrogens (primary N) is 1. The Morgan fingerprint density at radius 3 is 2.45 bits per heavy atom. The average Bonchev–Trinajstić information content (AvgIpc) is 2.49. The molecule has 0 aliphatic carbocycles. The molecular formula is C14H20N4O4. The maximum Gasteiger partial charge on any atom is 0.282 e. The number of β-amino-alcohol motifs (C(OH)–C–C–N with tert-alkyl or cyclic N) is 1. The highest BCUT2D eigenvalue weighted by Gasteiger charge is 2.20. The molecule has 0 spiro atoms. The highest BCUT2D eigenvalue weighted by atomic mass is 16.6. The molecule has 1 aromatic carbocycles. The molecule has 0 saturated carbocycles. The summed E-state index contributed by atoms with van der Waals surface area (Å²) in [5, 5.41) is 19.8. The molecule has 0 bridgehead atoms. The van der Waals surface area contributed by atoms with Crippen molar-refractivity contribution in [3.63, 3.8) is 0 Å². The molecule has 8 nitrogen and oxygen atoms in total. The number of hydrogen-bond acceptors (Lipinski definition) is 6. The maximum absolute atomic E-state index is 11.4. The number of hydrogen-bond donors (Lipinski definition) is 2. The van der Waals surface area contributed by atoms with Gasteiger partial charge < -0.3 is 10.8 Å². The second-order valence-electron chi connectivity index (χ2n) is 5.31. The van der Waals surface area contributed by atoms with Crippen LogP contribution in [0, 0.1) is 10.1 Å². The molecular weight excluding hydrogens is 288 g/mol. The summed E-state index contributed by atoms with van der Waals surface area (Å²) < 4.78 is 0. The van der Waals surface area contributed by atoms with Crippen molar-refractivity contribution in [1.29, 1.82) is 0 Å². The van der Waals surface area contributed by atoms with Gasteiger partial charge in [-0.15, -0.1) is 0 Å². The first-order chi connectivity index (χ1) is 10.5. The normalized spacial score (nSPS) is 16.6. The van der Waals surface area contributed by atoms with Gasteiger partial charge in [0.05, 0.1) is 11.5 Å². The fourth-order valence-corrected chi connectivity index (χ4v) is 2.61. The summed E-state index contributed by atoms with van der Waals surface area (Å²) in [6.45, 7) is 4.89. The number of amides is 1. The van der Waals surface area contributed by atoms with Gasteiger partial charge >= 0.3 is 0 Å². The van der Waals surface area contributed by atoms with E-state index in [1.54, 1.807) is 6.07 Å². The number of carbonyl (C=O) groups is 1. The molecule has 120 valence electrons. The number of aliphatic hydroxyl groups is 1. The minimum absolute atomic E-state index is 0.0542. The van der Waals surface area contributed by atoms with Crippen LogP contribution in [0.5, 0.6) is 0 Å². The zero-order valence-corrected chi connectivity index (χ0v) is 12.3. The number of nitro benzene ring substituents is 1. The summed E-state index contributed by atoms with van der Waals surface area (Å²) in [6.07, 6.45) is 0. The number of benzene rings is 1. The molecule has 0 atom stereocenters. The number of carbonyl (C=O) groups excluding carboxylic acids is 1. The lowest BCUT2D eigenvalue weighted by molar-refractivity contribution is -0.385. The molecule has 8 heteroatoms. The quantitative estimate of drug-likeness (QED) is 0.556. The van der Waals surface area contributed by atoms with Crippen molar-refractivity contribution >= 4 is 11.6 Å². The molecule has 1 aromatic rings. The number of primary amides is 1. The number of aliphatic hydroxyl groups excluding tert-OH is 1. The third-order valence-corrected chi connectivity index (χ3v) is 3.81. The maximum atomic E-state index is 11.4. The molecule has 0 unspecified atom stereocenters. The SMILES string of the molecule is NC(=O)c1cc(CN2CCN(CCO)CC2)ccc1[N+](=O)[O-]. The van der Waals surface area contributed by atoms with Crippen LogP contribution in [0.2, 0.25) is 0 Å². The summed E-state index contributed by atoms with van der Waals surface area (Å²) in [7, 11) is 0. The van der Waals surface area contributed by atoms with Crippen molar-refractivity contribution < 1.29 is 14.8 Å². The highest BCUT2D eigenvalue weighted by molar-refractivity contribution is 5.97. The predicted molar refractivity (Wildman–Crippen MR) is 80.4 cm³/mol. The van der Waals surface area contributed by atoms with Crippen molar-refractivity contribution in [2.75, 3.05) is 39.3 Å². The van der Waals surface area contributed by atoms with Crippen LogP contribution >= 0.6 is 0 Å². The van der Waals surface area contributed by atoms with Crippen LogP contribution in [0.1, 0.15) is 15.9 Å². The summed E-state index contributed by atoms with van der Waals surface area (Å²) in [6, 6.07) is 4.49. The number of rotatable bonds is 6. The molecule has 0 radical (unpaired) electrons. The van der Waals surface area contributed by atoms with Crippen molar-refractivity contribution in [3.8, 4) is 0 Å². The van der Waals surface area contributed by atoms with Gasteiger partial charge in [-0.1, -0.05) is 6.07 Å². The standard InChI is InChI=1S/C14H20N4O4/c15-14(20)12-9-11(1-2-13(12)18(21)22)10-17-5-3-16(4-6-17)7-8-19/h1-2,9,19H,3-8,10H2,(H2,15,20). The largest absolute Gasteiger partial charge is 0.395 e. The van der Waals surface area contributed by atoms with Gasteiger partial charge in [-0.2, -0.15) is 0 Å². The fourth-order valence-electron chi connectivity index (χ4n) is 2.61. The van der Waals surface area contributed by atoms with E-state index in [0.717, 1.165) is 31.7 Å². The second-order valence-corrected chi connectivity index (χ2v) is 5.31. The third-order valence-electron chi connectivity index (χ3n) is 3.81. The van der Waals surface area contributed by atoms with E-state index in [1.807, 2.05) is 0 Å². The third kappa shape index (κ3) is 4.00. The van der Waals surface area contributed by atoms with Crippen molar-refractivity contribution in [1.82, 2.24) is 9.80 Å². The number of nitrogens with zero attached hydrogens (tertiary/aromatic N) is 3. The van der Waals surface area contributed by atoms with E-state index >= 15 is 0 Å². The Labute approximate surface area is 128 Å². The van der Waals surface area contributed by atoms with Crippen LogP contribution < -0.4 is 5.73 Å². The first kappa shape index (κ1) is 16.3. The Morgan fingerprint density at radius 1 is 1.27 bits per heavy atom. The Bertz CT molecular complexity index is 556. The van der Waals surface area contributed by atoms with Crippen LogP contribution in [0.3, 0.4) is 0 Å². The van der Waals surface area contributed by atoms with Crippen LogP contribution in [0.15, 0.2) is 18.2 Å². The molecule has 1 aliphatic heterocycles. The van der Waals surface area contributed by atoms with Crippen LogP contribution in [0.25, 0.3) is 0 Å². The van der Waals surface area contributed by atoms with E-state index in [1.165, 1.54) is 12.1 Å². The first-order valence-corrected chi connectivity index (χ1v) is 7.14. The minimum Gasteiger partial charge on any atom is -0.395 e. The molecule has 1 amide bonds. The predicted octanol–water partition coefficient (Wildman–Crippen LogP) is -0.196. The topological polar surface area (TPSA) is 113 Å². The monoisotopic (exact) mass is 308 g/mol. The van der Waals surface area contributed by atoms with Gasteiger partial charge in [-0.05, 0) is 11.6 Å². The zero-order valence-electron chi connectivity index (χ0n) is 12.3. The molecule has 1 heterocycles. The molecule has 3 N–H and O–H groups in total. The van der Waals surface area contributed by atoms with Gasteiger partial charge in [0.15, 0.2) is 0 Å². The Kier molecular flexibility index (Phi) is 5.42. The molecule has 1 fully saturated rings. The van der Waals surface area contributed by atoms with Crippen LogP contribution in [-0.2, 0) is 6.54 Å². The zero-order chi connectivity index (χ0) is 16.1. The van der Waals surface area contributed by atoms with E-state index in [4.69, 9.17) is 10.8 Å². The van der Waals surface area contributed by atoms with E-state index in [0.29, 0.717) is 13.1 Å². The summed E-state index contributed by atoms with van der Waals surface area (Å²) >= 11 is 0. The summed E-state index contributed by atoms with van der Waals surface area (Å²) in [5.41, 5.74) is 5.73. The highest BCUT2D eigenvalue weighted by Crippen LogP contribution is 2.20. The Hall–Kier alpha value is -2.03. The second kappa shape index (κ2) is 7.30. The number of piperazine rings is 1. The van der Waals surface area contributed by atoms with E-state index in [-0.39, 0.29) is 17.9 Å². The van der Waals surface area contributed by atoms with Crippen LogP contribution in [0.4, 0.5) is 5.69 Å². The van der Waals surface area contributed by atoms with Gasteiger partial charge in [0, 0.05) is 45.3 Å². The molecule has 22 heavy (non-hydrogen) atoms. The summed E-state index contributed by atoms with van der Waals surface area (Å²) in [4.78, 5) is 26.0. The van der Waals surface area contributed by atoms with Gasteiger partial charge in [-0.25, -0.2) is 0 Å². The van der Waals surface area contributed by atoms with E-state index in [2.05, 4.69) is 9.80 Å². The minimum atomic E-state index is -0.790. The lowest BCUT2D eigenvalue weighted by Crippen LogP contribution is -2.46. The van der Waals surface area contributed by atoms with Gasteiger partial charge in [-0.3, -0.25) is 24.7 Å². The average molecular weight is 308 g/mol. The molecule has 0 aromatic heterocycles. The van der Waals surface area contributed by atoms with Crippen LogP contribution in [-0.4, -0.2) is 65.1 Å². The first-order valence-electron chi connectivity index (χ1n) is 7.14. The Morgan fingerprint density at radius 2 is 1.91 bits per heavy atom. The molecule has 1 aliphatic rings. The smallest absolute Gasteiger partial charge is 0.282 e. The lowest BCUT2D eigenvalue weighted by atomic mass is 10.1. The van der Waals surface area contributed by atoms with E-state index in [9.17, 15) is 14.9 Å². The van der Waals surface area contributed by atoms with Gasteiger partial charge in [0.2, 0.25) is 0 Å². The van der Waals surface area contributed by atoms with Gasteiger partial charge in [0.25, 0.3) is 11.6 Å². The van der Waals surface area contributed by atoms with Crippen molar-refractivity contribution in [2.45, 2.75) is 6.54 Å². The lowest BCUT2D eigenvalue weighted by Gasteiger charge is -2.34. The Balaban J connectivity index is 2.03. The van der Waals surface area contributed by atoms with Crippen molar-refractivity contribution in [2.24, 2.45) is 5.73 Å². The summed E-state index contributed by atoms with van der Waals surface area (Å²) in [5.74, 6) is -0.790. The number of nitro groups is 1. The molecule has 2 rings (SSSR count). The van der Waals surface area contributed by atoms with E-state index < -0.39 is 10.8 Å². The van der Waals surface area contributed by atoms with Gasteiger partial charge in [0.1, 0.15) is 5.56 Å². The van der Waals surface area contributed by atoms with Crippen molar-refractivity contribution in [3.05, 3.63) is 39.4 Å². The molecule has 1 saturated heterocycles.